The lowest BCUT2D eigenvalue weighted by Gasteiger charge is -2.36. The van der Waals surface area contributed by atoms with Crippen LogP contribution in [0.2, 0.25) is 0 Å². The quantitative estimate of drug-likeness (QED) is 0.909. The van der Waals surface area contributed by atoms with Gasteiger partial charge < -0.3 is 14.7 Å². The van der Waals surface area contributed by atoms with Crippen LogP contribution < -0.4 is 4.90 Å². The second-order valence-electron chi connectivity index (χ2n) is 5.03. The Labute approximate surface area is 119 Å². The third-order valence-corrected chi connectivity index (χ3v) is 3.12. The van der Waals surface area contributed by atoms with Crippen LogP contribution in [-0.2, 0) is 10.9 Å². The highest BCUT2D eigenvalue weighted by atomic mass is 19.4. The summed E-state index contributed by atoms with van der Waals surface area (Å²) in [5.74, 6) is -1.47. The average molecular weight is 304 g/mol. The first-order valence-electron chi connectivity index (χ1n) is 6.40. The molecule has 8 heteroatoms. The number of halogens is 3. The summed E-state index contributed by atoms with van der Waals surface area (Å²) >= 11 is 0. The van der Waals surface area contributed by atoms with E-state index in [0.29, 0.717) is 19.2 Å². The summed E-state index contributed by atoms with van der Waals surface area (Å²) in [5, 5.41) is 9.14. The van der Waals surface area contributed by atoms with Crippen LogP contribution in [0.25, 0.3) is 0 Å². The Kier molecular flexibility index (Phi) is 4.08. The minimum absolute atomic E-state index is 0.167. The van der Waals surface area contributed by atoms with Crippen molar-refractivity contribution < 1.29 is 27.8 Å². The molecule has 1 N–H and O–H groups in total. The van der Waals surface area contributed by atoms with Crippen molar-refractivity contribution in [2.24, 2.45) is 0 Å². The molecule has 1 aromatic rings. The maximum atomic E-state index is 12.8. The van der Waals surface area contributed by atoms with Crippen molar-refractivity contribution in [1.29, 1.82) is 0 Å². The van der Waals surface area contributed by atoms with Gasteiger partial charge in [0.05, 0.1) is 12.2 Å². The van der Waals surface area contributed by atoms with Gasteiger partial charge in [-0.2, -0.15) is 13.2 Å². The van der Waals surface area contributed by atoms with Gasteiger partial charge in [0, 0.05) is 13.1 Å². The number of morpholine rings is 1. The molecule has 1 fully saturated rings. The Morgan fingerprint density at radius 2 is 1.90 bits per heavy atom. The minimum Gasteiger partial charge on any atom is -0.478 e. The number of carboxylic acid groups (broad SMARTS) is 1. The zero-order valence-electron chi connectivity index (χ0n) is 11.5. The molecule has 116 valence electrons. The zero-order valence-corrected chi connectivity index (χ0v) is 11.5. The van der Waals surface area contributed by atoms with Crippen LogP contribution >= 0.6 is 0 Å². The number of aromatic carboxylic acids is 1. The molecular weight excluding hydrogens is 289 g/mol. The first-order valence-corrected chi connectivity index (χ1v) is 6.40. The van der Waals surface area contributed by atoms with Crippen molar-refractivity contribution in [3.05, 3.63) is 23.4 Å². The van der Waals surface area contributed by atoms with E-state index in [-0.39, 0.29) is 23.6 Å². The summed E-state index contributed by atoms with van der Waals surface area (Å²) in [6, 6.07) is 1.62. The number of anilines is 1. The van der Waals surface area contributed by atoms with Crippen LogP contribution in [0.4, 0.5) is 19.0 Å². The molecule has 0 unspecified atom stereocenters. The number of rotatable bonds is 2. The highest BCUT2D eigenvalue weighted by Gasteiger charge is 2.35. The van der Waals surface area contributed by atoms with Crippen molar-refractivity contribution in [3.8, 4) is 0 Å². The van der Waals surface area contributed by atoms with Gasteiger partial charge >= 0.3 is 12.1 Å². The van der Waals surface area contributed by atoms with E-state index in [1.54, 1.807) is 13.8 Å². The van der Waals surface area contributed by atoms with Crippen LogP contribution in [0.5, 0.6) is 0 Å². The Morgan fingerprint density at radius 3 is 2.38 bits per heavy atom. The van der Waals surface area contributed by atoms with Gasteiger partial charge in [0.25, 0.3) is 0 Å². The van der Waals surface area contributed by atoms with E-state index in [4.69, 9.17) is 9.84 Å². The maximum absolute atomic E-state index is 12.8. The van der Waals surface area contributed by atoms with Gasteiger partial charge in [-0.25, -0.2) is 9.78 Å². The average Bonchev–Trinajstić information content (AvgIpc) is 2.35. The molecule has 0 aliphatic carbocycles. The van der Waals surface area contributed by atoms with Crippen LogP contribution in [-0.4, -0.2) is 41.4 Å². The molecule has 1 aliphatic rings. The summed E-state index contributed by atoms with van der Waals surface area (Å²) in [6.07, 6.45) is -5.05. The normalized spacial score (nSPS) is 23.2. The Balaban J connectivity index is 2.45. The lowest BCUT2D eigenvalue weighted by Crippen LogP contribution is -2.46. The van der Waals surface area contributed by atoms with Gasteiger partial charge in [0.2, 0.25) is 0 Å². The standard InChI is InChI=1S/C13H15F3N2O3/c1-7-5-18(6-8(2)21-7)11-9(12(19)20)3-4-10(17-11)13(14,15)16/h3-4,7-8H,5-6H2,1-2H3,(H,19,20)/t7-,8+. The van der Waals surface area contributed by atoms with E-state index in [2.05, 4.69) is 4.98 Å². The highest BCUT2D eigenvalue weighted by Crippen LogP contribution is 2.31. The molecule has 0 aromatic carbocycles. The van der Waals surface area contributed by atoms with Crippen molar-refractivity contribution in [2.45, 2.75) is 32.2 Å². The van der Waals surface area contributed by atoms with Gasteiger partial charge in [-0.05, 0) is 26.0 Å². The van der Waals surface area contributed by atoms with Crippen LogP contribution in [0.15, 0.2) is 12.1 Å². The van der Waals surface area contributed by atoms with Gasteiger partial charge in [0.15, 0.2) is 0 Å². The summed E-state index contributed by atoms with van der Waals surface area (Å²) in [4.78, 5) is 16.3. The Bertz CT molecular complexity index is 538. The van der Waals surface area contributed by atoms with E-state index in [1.807, 2.05) is 0 Å². The van der Waals surface area contributed by atoms with Gasteiger partial charge in [-0.15, -0.1) is 0 Å². The molecule has 2 atom stereocenters. The fourth-order valence-electron chi connectivity index (χ4n) is 2.37. The zero-order chi connectivity index (χ0) is 15.8. The molecule has 1 saturated heterocycles. The maximum Gasteiger partial charge on any atom is 0.433 e. The van der Waals surface area contributed by atoms with E-state index in [9.17, 15) is 18.0 Å². The van der Waals surface area contributed by atoms with E-state index < -0.39 is 17.8 Å². The predicted octanol–water partition coefficient (Wildman–Crippen LogP) is 2.41. The molecule has 21 heavy (non-hydrogen) atoms. The molecular formula is C13H15F3N2O3. The van der Waals surface area contributed by atoms with Gasteiger partial charge in [-0.1, -0.05) is 0 Å². The molecule has 0 bridgehead atoms. The number of carbonyl (C=O) groups is 1. The fourth-order valence-corrected chi connectivity index (χ4v) is 2.37. The molecule has 2 heterocycles. The van der Waals surface area contributed by atoms with Crippen LogP contribution in [0.3, 0.4) is 0 Å². The lowest BCUT2D eigenvalue weighted by molar-refractivity contribution is -0.141. The SMILES string of the molecule is C[C@@H]1CN(c2nc(C(F)(F)F)ccc2C(=O)O)C[C@H](C)O1. The molecule has 5 nitrogen and oxygen atoms in total. The summed E-state index contributed by atoms with van der Waals surface area (Å²) in [5.41, 5.74) is -1.35. The van der Waals surface area contributed by atoms with Crippen LogP contribution in [0.1, 0.15) is 29.9 Å². The molecule has 1 aromatic heterocycles. The number of hydrogen-bond donors (Lipinski definition) is 1. The number of alkyl halides is 3. The number of nitrogens with zero attached hydrogens (tertiary/aromatic N) is 2. The number of carboxylic acids is 1. The van der Waals surface area contributed by atoms with Crippen molar-refractivity contribution >= 4 is 11.8 Å². The number of pyridine rings is 1. The smallest absolute Gasteiger partial charge is 0.433 e. The number of aromatic nitrogens is 1. The first-order chi connectivity index (χ1) is 9.68. The predicted molar refractivity (Wildman–Crippen MR) is 68.4 cm³/mol. The van der Waals surface area contributed by atoms with Crippen molar-refractivity contribution in [3.63, 3.8) is 0 Å². The molecule has 1 aliphatic heterocycles. The van der Waals surface area contributed by atoms with Gasteiger partial charge in [-0.3, -0.25) is 0 Å². The Hall–Kier alpha value is -1.83. The molecule has 0 amide bonds. The fraction of sp³-hybridized carbons (Fsp3) is 0.538. The number of hydrogen-bond acceptors (Lipinski definition) is 4. The summed E-state index contributed by atoms with van der Waals surface area (Å²) in [7, 11) is 0. The molecule has 0 radical (unpaired) electrons. The minimum atomic E-state index is -4.62. The van der Waals surface area contributed by atoms with Gasteiger partial charge in [0.1, 0.15) is 17.1 Å². The monoisotopic (exact) mass is 304 g/mol. The van der Waals surface area contributed by atoms with Crippen molar-refractivity contribution in [1.82, 2.24) is 4.98 Å². The molecule has 2 rings (SSSR count). The van der Waals surface area contributed by atoms with E-state index >= 15 is 0 Å². The summed E-state index contributed by atoms with van der Waals surface area (Å²) < 4.78 is 43.8. The third kappa shape index (κ3) is 3.44. The van der Waals surface area contributed by atoms with Crippen LogP contribution in [0, 0.1) is 0 Å². The summed E-state index contributed by atoms with van der Waals surface area (Å²) in [6.45, 7) is 4.13. The lowest BCUT2D eigenvalue weighted by atomic mass is 10.1. The molecule has 0 spiro atoms. The largest absolute Gasteiger partial charge is 0.478 e. The van der Waals surface area contributed by atoms with E-state index in [0.717, 1.165) is 6.07 Å². The van der Waals surface area contributed by atoms with E-state index in [1.165, 1.54) is 4.90 Å². The number of ether oxygens (including phenoxy) is 1. The van der Waals surface area contributed by atoms with Crippen molar-refractivity contribution in [2.75, 3.05) is 18.0 Å². The second-order valence-corrected chi connectivity index (χ2v) is 5.03. The highest BCUT2D eigenvalue weighted by molar-refractivity contribution is 5.93. The second kappa shape index (κ2) is 5.51. The third-order valence-electron chi connectivity index (χ3n) is 3.12. The molecule has 0 saturated carbocycles. The topological polar surface area (TPSA) is 62.7 Å². The Morgan fingerprint density at radius 1 is 1.33 bits per heavy atom. The first kappa shape index (κ1) is 15.6.